The van der Waals surface area contributed by atoms with Crippen molar-refractivity contribution < 1.29 is 38.4 Å². The molecule has 0 aliphatic heterocycles. The third kappa shape index (κ3) is 4.76. The van der Waals surface area contributed by atoms with Gasteiger partial charge in [0.25, 0.3) is 0 Å². The highest BCUT2D eigenvalue weighted by Gasteiger charge is 2.60. The first-order valence-corrected chi connectivity index (χ1v) is 9.69. The lowest BCUT2D eigenvalue weighted by Crippen LogP contribution is -2.58. The van der Waals surface area contributed by atoms with E-state index < -0.39 is 47.7 Å². The highest BCUT2D eigenvalue weighted by atomic mass is 16.6. The van der Waals surface area contributed by atoms with Crippen molar-refractivity contribution >= 4 is 17.7 Å². The van der Waals surface area contributed by atoms with Gasteiger partial charge in [-0.15, -0.1) is 0 Å². The van der Waals surface area contributed by atoms with Crippen LogP contribution in [0.3, 0.4) is 0 Å². The molecule has 29 heavy (non-hydrogen) atoms. The van der Waals surface area contributed by atoms with Crippen LogP contribution in [0.1, 0.15) is 38.7 Å². The van der Waals surface area contributed by atoms with E-state index in [0.29, 0.717) is 11.3 Å². The number of methoxy groups -OCH3 is 1. The molecule has 0 heterocycles. The Hall–Kier alpha value is -2.45. The third-order valence-corrected chi connectivity index (χ3v) is 4.95. The standard InChI is InChI=1S/C21H28O8/c1-5-27-19(23)17-15(22)12-21(25,29-7-3)18(20(24)28-6-2)16(17)13-8-10-14(26-4)11-9-13/h8-11,16-18,25H,5-7,12H2,1-4H3/t16-,17+,18+,21-/m0/s1. The predicted octanol–water partition coefficient (Wildman–Crippen LogP) is 1.84. The smallest absolute Gasteiger partial charge is 0.317 e. The second-order valence-corrected chi connectivity index (χ2v) is 6.68. The molecule has 1 aliphatic carbocycles. The molecular weight excluding hydrogens is 380 g/mol. The van der Waals surface area contributed by atoms with Crippen LogP contribution in [0, 0.1) is 11.8 Å². The zero-order valence-corrected chi connectivity index (χ0v) is 17.2. The van der Waals surface area contributed by atoms with Crippen LogP contribution in [0.25, 0.3) is 0 Å². The van der Waals surface area contributed by atoms with E-state index in [4.69, 9.17) is 18.9 Å². The lowest BCUT2D eigenvalue weighted by Gasteiger charge is -2.44. The predicted molar refractivity (Wildman–Crippen MR) is 102 cm³/mol. The van der Waals surface area contributed by atoms with E-state index >= 15 is 0 Å². The molecule has 1 aromatic carbocycles. The molecule has 0 spiro atoms. The molecule has 1 N–H and O–H groups in total. The van der Waals surface area contributed by atoms with Crippen molar-refractivity contribution in [1.29, 1.82) is 0 Å². The van der Waals surface area contributed by atoms with Crippen LogP contribution in [-0.4, -0.2) is 55.5 Å². The Bertz CT molecular complexity index is 729. The monoisotopic (exact) mass is 408 g/mol. The van der Waals surface area contributed by atoms with E-state index in [1.807, 2.05) is 0 Å². The Morgan fingerprint density at radius 2 is 1.62 bits per heavy atom. The summed E-state index contributed by atoms with van der Waals surface area (Å²) in [6.45, 7) is 5.13. The minimum atomic E-state index is -2.09. The number of aliphatic hydroxyl groups is 1. The Kier molecular flexibility index (Phi) is 7.75. The summed E-state index contributed by atoms with van der Waals surface area (Å²) >= 11 is 0. The minimum absolute atomic E-state index is 0.0685. The van der Waals surface area contributed by atoms with E-state index in [2.05, 4.69) is 0 Å². The molecule has 0 aromatic heterocycles. The fourth-order valence-electron chi connectivity index (χ4n) is 3.82. The quantitative estimate of drug-likeness (QED) is 0.394. The summed E-state index contributed by atoms with van der Waals surface area (Å²) in [5, 5.41) is 11.1. The van der Waals surface area contributed by atoms with Crippen LogP contribution in [-0.2, 0) is 28.6 Å². The Balaban J connectivity index is 2.64. The van der Waals surface area contributed by atoms with Gasteiger partial charge in [-0.1, -0.05) is 12.1 Å². The number of hydrogen-bond donors (Lipinski definition) is 1. The number of carbonyl (C=O) groups excluding carboxylic acids is 3. The number of hydrogen-bond acceptors (Lipinski definition) is 8. The fourth-order valence-corrected chi connectivity index (χ4v) is 3.82. The summed E-state index contributed by atoms with van der Waals surface area (Å²) in [4.78, 5) is 38.5. The van der Waals surface area contributed by atoms with Crippen LogP contribution >= 0.6 is 0 Å². The van der Waals surface area contributed by atoms with Crippen LogP contribution in [0.5, 0.6) is 5.75 Å². The first kappa shape index (κ1) is 22.8. The van der Waals surface area contributed by atoms with E-state index in [0.717, 1.165) is 0 Å². The zero-order valence-electron chi connectivity index (χ0n) is 17.2. The number of benzene rings is 1. The molecular formula is C21H28O8. The molecule has 8 nitrogen and oxygen atoms in total. The second-order valence-electron chi connectivity index (χ2n) is 6.68. The van der Waals surface area contributed by atoms with Crippen molar-refractivity contribution in [3.05, 3.63) is 29.8 Å². The first-order valence-electron chi connectivity index (χ1n) is 9.69. The molecule has 1 saturated carbocycles. The molecule has 0 radical (unpaired) electrons. The SMILES string of the molecule is CCOC(=O)[C@@H]1C(=O)C[C@](O)(OCC)[C@@H](C(=O)OCC)[C@H]1c1ccc(OC)cc1. The van der Waals surface area contributed by atoms with Crippen molar-refractivity contribution in [2.75, 3.05) is 26.9 Å². The number of rotatable bonds is 8. The van der Waals surface area contributed by atoms with Crippen molar-refractivity contribution in [3.63, 3.8) is 0 Å². The fraction of sp³-hybridized carbons (Fsp3) is 0.571. The van der Waals surface area contributed by atoms with Gasteiger partial charge in [0.2, 0.25) is 0 Å². The lowest BCUT2D eigenvalue weighted by molar-refractivity contribution is -0.254. The number of ketones is 1. The molecule has 1 aliphatic rings. The molecule has 1 aromatic rings. The molecule has 1 fully saturated rings. The number of carbonyl (C=O) groups is 3. The zero-order chi connectivity index (χ0) is 21.6. The van der Waals surface area contributed by atoms with Gasteiger partial charge in [0.05, 0.1) is 26.7 Å². The van der Waals surface area contributed by atoms with Gasteiger partial charge in [-0.3, -0.25) is 14.4 Å². The maximum atomic E-state index is 12.9. The summed E-state index contributed by atoms with van der Waals surface area (Å²) in [7, 11) is 1.51. The largest absolute Gasteiger partial charge is 0.497 e. The molecule has 0 saturated heterocycles. The van der Waals surface area contributed by atoms with Crippen molar-refractivity contribution in [2.24, 2.45) is 11.8 Å². The van der Waals surface area contributed by atoms with E-state index in [-0.39, 0.29) is 19.8 Å². The number of Topliss-reactive ketones (excluding diaryl/α,β-unsaturated/α-hetero) is 1. The highest BCUT2D eigenvalue weighted by Crippen LogP contribution is 2.47. The molecule has 160 valence electrons. The normalized spacial score (nSPS) is 26.7. The molecule has 2 rings (SSSR count). The average molecular weight is 408 g/mol. The van der Waals surface area contributed by atoms with E-state index in [9.17, 15) is 19.5 Å². The van der Waals surface area contributed by atoms with Gasteiger partial charge in [-0.05, 0) is 38.5 Å². The Labute approximate surface area is 170 Å². The number of esters is 2. The van der Waals surface area contributed by atoms with Gasteiger partial charge in [0.15, 0.2) is 11.6 Å². The Morgan fingerprint density at radius 1 is 1.03 bits per heavy atom. The summed E-state index contributed by atoms with van der Waals surface area (Å²) in [5.41, 5.74) is 0.494. The molecule has 0 bridgehead atoms. The first-order chi connectivity index (χ1) is 13.8. The van der Waals surface area contributed by atoms with Crippen LogP contribution in [0.15, 0.2) is 24.3 Å². The van der Waals surface area contributed by atoms with Crippen LogP contribution in [0.2, 0.25) is 0 Å². The van der Waals surface area contributed by atoms with Gasteiger partial charge >= 0.3 is 11.9 Å². The topological polar surface area (TPSA) is 108 Å². The molecule has 0 amide bonds. The van der Waals surface area contributed by atoms with Gasteiger partial charge in [-0.25, -0.2) is 0 Å². The maximum absolute atomic E-state index is 12.9. The second kappa shape index (κ2) is 9.84. The highest BCUT2D eigenvalue weighted by molar-refractivity contribution is 6.02. The van der Waals surface area contributed by atoms with Gasteiger partial charge in [-0.2, -0.15) is 0 Å². The van der Waals surface area contributed by atoms with Gasteiger partial charge in [0.1, 0.15) is 17.6 Å². The van der Waals surface area contributed by atoms with E-state index in [1.165, 1.54) is 7.11 Å². The summed E-state index contributed by atoms with van der Waals surface area (Å²) in [5.74, 6) is -7.14. The maximum Gasteiger partial charge on any atom is 0.317 e. The average Bonchev–Trinajstić information content (AvgIpc) is 2.67. The molecule has 4 atom stereocenters. The molecule has 0 unspecified atom stereocenters. The minimum Gasteiger partial charge on any atom is -0.497 e. The van der Waals surface area contributed by atoms with E-state index in [1.54, 1.807) is 45.0 Å². The lowest BCUT2D eigenvalue weighted by atomic mass is 9.65. The Morgan fingerprint density at radius 3 is 2.14 bits per heavy atom. The molecule has 8 heteroatoms. The number of ether oxygens (including phenoxy) is 4. The van der Waals surface area contributed by atoms with Crippen molar-refractivity contribution in [2.45, 2.75) is 38.9 Å². The van der Waals surface area contributed by atoms with Crippen LogP contribution < -0.4 is 4.74 Å². The van der Waals surface area contributed by atoms with Gasteiger partial charge < -0.3 is 24.1 Å². The van der Waals surface area contributed by atoms with Crippen LogP contribution in [0.4, 0.5) is 0 Å². The van der Waals surface area contributed by atoms with Crippen molar-refractivity contribution in [1.82, 2.24) is 0 Å². The van der Waals surface area contributed by atoms with Crippen molar-refractivity contribution in [3.8, 4) is 5.75 Å². The summed E-state index contributed by atoms with van der Waals surface area (Å²) in [6, 6.07) is 6.59. The summed E-state index contributed by atoms with van der Waals surface area (Å²) in [6.07, 6.45) is -0.513. The van der Waals surface area contributed by atoms with Gasteiger partial charge in [0, 0.05) is 12.5 Å². The third-order valence-electron chi connectivity index (χ3n) is 4.95. The summed E-state index contributed by atoms with van der Waals surface area (Å²) < 4.78 is 20.9.